The minimum absolute atomic E-state index is 0.175. The molecule has 1 aromatic rings. The first-order valence-electron chi connectivity index (χ1n) is 3.94. The quantitative estimate of drug-likeness (QED) is 0.721. The molecule has 0 bridgehead atoms. The molecule has 0 spiro atoms. The predicted octanol–water partition coefficient (Wildman–Crippen LogP) is 1.66. The van der Waals surface area contributed by atoms with Crippen LogP contribution < -0.4 is 0 Å². The number of benzene rings is 1. The zero-order valence-corrected chi connectivity index (χ0v) is 8.00. The van der Waals surface area contributed by atoms with Gasteiger partial charge in [0.25, 0.3) is 0 Å². The van der Waals surface area contributed by atoms with E-state index in [9.17, 15) is 5.11 Å². The summed E-state index contributed by atoms with van der Waals surface area (Å²) in [4.78, 5) is 0. The summed E-state index contributed by atoms with van der Waals surface area (Å²) in [6, 6.07) is 7.68. The minimum atomic E-state index is -0.848. The highest BCUT2D eigenvalue weighted by molar-refractivity contribution is 5.28. The topological polar surface area (TPSA) is 38.7 Å². The Morgan fingerprint density at radius 1 is 1.38 bits per heavy atom. The van der Waals surface area contributed by atoms with Crippen molar-refractivity contribution in [3.8, 4) is 5.75 Å². The molecule has 0 aliphatic carbocycles. The van der Waals surface area contributed by atoms with Gasteiger partial charge in [-0.3, -0.25) is 0 Å². The van der Waals surface area contributed by atoms with Crippen LogP contribution in [0.4, 0.5) is 0 Å². The van der Waals surface area contributed by atoms with Crippen molar-refractivity contribution < 1.29 is 14.6 Å². The van der Waals surface area contributed by atoms with Gasteiger partial charge in [-0.2, -0.15) is 0 Å². The molecule has 71 valence electrons. The highest BCUT2D eigenvalue weighted by atomic mass is 16.7. The van der Waals surface area contributed by atoms with E-state index >= 15 is 0 Å². The molecular formula is C10H13O3. The Balaban J connectivity index is 3.05. The number of ether oxygens (including phenoxy) is 2. The fourth-order valence-electron chi connectivity index (χ4n) is 1.02. The smallest absolute Gasteiger partial charge is 0.192 e. The van der Waals surface area contributed by atoms with Gasteiger partial charge in [-0.05, 0) is 25.1 Å². The summed E-state index contributed by atoms with van der Waals surface area (Å²) in [6.45, 7) is 1.76. The number of hydrogen-bond donors (Lipinski definition) is 1. The van der Waals surface area contributed by atoms with Crippen molar-refractivity contribution in [3.05, 3.63) is 29.8 Å². The largest absolute Gasteiger partial charge is 0.508 e. The van der Waals surface area contributed by atoms with Crippen molar-refractivity contribution in [1.29, 1.82) is 0 Å². The highest BCUT2D eigenvalue weighted by Gasteiger charge is 2.25. The maximum absolute atomic E-state index is 9.24. The van der Waals surface area contributed by atoms with E-state index in [2.05, 4.69) is 6.07 Å². The molecule has 0 atom stereocenters. The third-order valence-corrected chi connectivity index (χ3v) is 2.05. The molecule has 0 aliphatic rings. The number of hydrogen-bond acceptors (Lipinski definition) is 3. The summed E-state index contributed by atoms with van der Waals surface area (Å²) >= 11 is 0. The number of methoxy groups -OCH3 is 2. The third-order valence-electron chi connectivity index (χ3n) is 2.05. The Bertz CT molecular complexity index is 279. The van der Waals surface area contributed by atoms with Crippen molar-refractivity contribution >= 4 is 0 Å². The Hall–Kier alpha value is -1.06. The lowest BCUT2D eigenvalue weighted by Gasteiger charge is -2.26. The second-order valence-electron chi connectivity index (χ2n) is 2.81. The zero-order chi connectivity index (χ0) is 9.90. The maximum atomic E-state index is 9.24. The van der Waals surface area contributed by atoms with Crippen molar-refractivity contribution in [2.45, 2.75) is 12.7 Å². The molecule has 0 heterocycles. The first-order chi connectivity index (χ1) is 6.12. The van der Waals surface area contributed by atoms with Crippen LogP contribution in [-0.2, 0) is 15.3 Å². The average molecular weight is 181 g/mol. The molecule has 1 N–H and O–H groups in total. The Morgan fingerprint density at radius 2 is 2.00 bits per heavy atom. The number of rotatable bonds is 3. The summed E-state index contributed by atoms with van der Waals surface area (Å²) in [5.41, 5.74) is 0.664. The predicted molar refractivity (Wildman–Crippen MR) is 48.3 cm³/mol. The van der Waals surface area contributed by atoms with E-state index in [0.29, 0.717) is 5.56 Å². The van der Waals surface area contributed by atoms with Crippen LogP contribution in [0.2, 0.25) is 0 Å². The van der Waals surface area contributed by atoms with Gasteiger partial charge in [0.1, 0.15) is 5.75 Å². The van der Waals surface area contributed by atoms with Gasteiger partial charge in [-0.15, -0.1) is 0 Å². The van der Waals surface area contributed by atoms with Gasteiger partial charge < -0.3 is 14.6 Å². The van der Waals surface area contributed by atoms with Gasteiger partial charge >= 0.3 is 0 Å². The van der Waals surface area contributed by atoms with Gasteiger partial charge in [0.2, 0.25) is 0 Å². The molecule has 0 saturated carbocycles. The van der Waals surface area contributed by atoms with Crippen molar-refractivity contribution in [2.75, 3.05) is 14.2 Å². The summed E-state index contributed by atoms with van der Waals surface area (Å²) in [7, 11) is 3.09. The van der Waals surface area contributed by atoms with Gasteiger partial charge in [0.15, 0.2) is 5.79 Å². The first kappa shape index (κ1) is 10.0. The number of phenolic OH excluding ortho intramolecular Hbond substituents is 1. The fraction of sp³-hybridized carbons (Fsp3) is 0.400. The van der Waals surface area contributed by atoms with Crippen LogP contribution in [0.1, 0.15) is 12.5 Å². The lowest BCUT2D eigenvalue weighted by Crippen LogP contribution is -2.26. The van der Waals surface area contributed by atoms with E-state index in [4.69, 9.17) is 9.47 Å². The minimum Gasteiger partial charge on any atom is -0.508 e. The summed E-state index contributed by atoms with van der Waals surface area (Å²) in [5, 5.41) is 9.24. The van der Waals surface area contributed by atoms with Crippen LogP contribution in [0.3, 0.4) is 0 Å². The van der Waals surface area contributed by atoms with E-state index < -0.39 is 5.79 Å². The van der Waals surface area contributed by atoms with Crippen LogP contribution >= 0.6 is 0 Å². The standard InChI is InChI=1S/C10H13O3/c1-10(12-2,13-3)8-5-4-6-9(11)7-8/h4,6-7,11H,1-3H3. The van der Waals surface area contributed by atoms with Gasteiger partial charge in [-0.1, -0.05) is 6.07 Å². The first-order valence-corrected chi connectivity index (χ1v) is 3.94. The van der Waals surface area contributed by atoms with Crippen molar-refractivity contribution in [2.24, 2.45) is 0 Å². The van der Waals surface area contributed by atoms with Crippen LogP contribution in [0.15, 0.2) is 18.2 Å². The van der Waals surface area contributed by atoms with Crippen LogP contribution in [0.5, 0.6) is 5.75 Å². The Labute approximate surface area is 77.9 Å². The van der Waals surface area contributed by atoms with Crippen LogP contribution in [0, 0.1) is 6.07 Å². The molecule has 3 heteroatoms. The molecule has 0 saturated heterocycles. The highest BCUT2D eigenvalue weighted by Crippen LogP contribution is 2.26. The van der Waals surface area contributed by atoms with E-state index in [-0.39, 0.29) is 5.75 Å². The maximum Gasteiger partial charge on any atom is 0.192 e. The lowest BCUT2D eigenvalue weighted by molar-refractivity contribution is -0.202. The lowest BCUT2D eigenvalue weighted by atomic mass is 10.1. The fourth-order valence-corrected chi connectivity index (χ4v) is 1.02. The van der Waals surface area contributed by atoms with Crippen molar-refractivity contribution in [1.82, 2.24) is 0 Å². The van der Waals surface area contributed by atoms with Gasteiger partial charge in [0.05, 0.1) is 0 Å². The van der Waals surface area contributed by atoms with Crippen LogP contribution in [-0.4, -0.2) is 19.3 Å². The average Bonchev–Trinajstić information content (AvgIpc) is 2.17. The van der Waals surface area contributed by atoms with Crippen molar-refractivity contribution in [3.63, 3.8) is 0 Å². The molecule has 0 fully saturated rings. The van der Waals surface area contributed by atoms with Gasteiger partial charge in [-0.25, -0.2) is 0 Å². The van der Waals surface area contributed by atoms with E-state index in [1.807, 2.05) is 0 Å². The molecule has 1 radical (unpaired) electrons. The Morgan fingerprint density at radius 3 is 2.46 bits per heavy atom. The van der Waals surface area contributed by atoms with E-state index in [0.717, 1.165) is 0 Å². The molecule has 0 aromatic heterocycles. The molecule has 0 aliphatic heterocycles. The Kier molecular flexibility index (Phi) is 2.90. The molecule has 0 unspecified atom stereocenters. The molecule has 0 amide bonds. The third kappa shape index (κ3) is 1.99. The van der Waals surface area contributed by atoms with E-state index in [1.165, 1.54) is 0 Å². The second kappa shape index (κ2) is 3.77. The monoisotopic (exact) mass is 181 g/mol. The molecule has 13 heavy (non-hydrogen) atoms. The van der Waals surface area contributed by atoms with E-state index in [1.54, 1.807) is 39.3 Å². The summed E-state index contributed by atoms with van der Waals surface area (Å²) in [6.07, 6.45) is 0. The zero-order valence-electron chi connectivity index (χ0n) is 8.00. The normalized spacial score (nSPS) is 11.6. The summed E-state index contributed by atoms with van der Waals surface area (Å²) < 4.78 is 10.3. The SMILES string of the molecule is COC(C)(OC)c1[c]ccc(O)c1. The summed E-state index contributed by atoms with van der Waals surface area (Å²) in [5.74, 6) is -0.673. The molecular weight excluding hydrogens is 168 g/mol. The molecule has 1 rings (SSSR count). The molecule has 1 aromatic carbocycles. The second-order valence-corrected chi connectivity index (χ2v) is 2.81. The van der Waals surface area contributed by atoms with Gasteiger partial charge in [0, 0.05) is 19.8 Å². The number of phenols is 1. The van der Waals surface area contributed by atoms with Crippen LogP contribution in [0.25, 0.3) is 0 Å². The molecule has 3 nitrogen and oxygen atoms in total. The number of aromatic hydroxyl groups is 1.